The van der Waals surface area contributed by atoms with Crippen LogP contribution in [0, 0.1) is 20.8 Å². The maximum Gasteiger partial charge on any atom is 0.128 e. The van der Waals surface area contributed by atoms with E-state index in [1.807, 2.05) is 6.07 Å². The Kier molecular flexibility index (Phi) is 7.75. The smallest absolute Gasteiger partial charge is 0.128 e. The Labute approximate surface area is 247 Å². The molecule has 0 aromatic heterocycles. The minimum atomic E-state index is 0.819. The predicted molar refractivity (Wildman–Crippen MR) is 174 cm³/mol. The maximum absolute atomic E-state index is 6.57. The lowest BCUT2D eigenvalue weighted by Crippen LogP contribution is -1.91. The summed E-state index contributed by atoms with van der Waals surface area (Å²) in [6, 6.07) is 49.5. The van der Waals surface area contributed by atoms with Crippen LogP contribution in [0.3, 0.4) is 0 Å². The van der Waals surface area contributed by atoms with Crippen molar-refractivity contribution in [3.05, 3.63) is 156 Å². The van der Waals surface area contributed by atoms with Gasteiger partial charge >= 0.3 is 0 Å². The molecule has 0 bridgehead atoms. The van der Waals surface area contributed by atoms with Crippen LogP contribution in [-0.4, -0.2) is 0 Å². The van der Waals surface area contributed by atoms with Gasteiger partial charge < -0.3 is 4.74 Å². The average Bonchev–Trinajstić information content (AvgIpc) is 2.99. The van der Waals surface area contributed by atoms with E-state index in [0.717, 1.165) is 28.2 Å². The van der Waals surface area contributed by atoms with Gasteiger partial charge in [-0.05, 0) is 114 Å². The molecule has 6 aromatic rings. The van der Waals surface area contributed by atoms with Crippen molar-refractivity contribution in [3.63, 3.8) is 0 Å². The third kappa shape index (κ3) is 6.45. The van der Waals surface area contributed by atoms with Crippen molar-refractivity contribution >= 4 is 11.8 Å². The van der Waals surface area contributed by atoms with Gasteiger partial charge in [0.1, 0.15) is 11.5 Å². The molecule has 6 rings (SSSR count). The minimum absolute atomic E-state index is 0.819. The van der Waals surface area contributed by atoms with Crippen LogP contribution in [0.2, 0.25) is 0 Å². The number of ether oxygens (including phenoxy) is 1. The van der Waals surface area contributed by atoms with Gasteiger partial charge in [0.2, 0.25) is 0 Å². The summed E-state index contributed by atoms with van der Waals surface area (Å²) < 4.78 is 6.57. The molecule has 0 heterocycles. The molecular weight excluding hydrogens is 516 g/mol. The number of benzene rings is 6. The molecule has 0 N–H and O–H groups in total. The second-order valence-corrected chi connectivity index (χ2v) is 11.6. The fraction of sp³-hybridized carbons (Fsp3) is 0.0769. The highest BCUT2D eigenvalue weighted by Crippen LogP contribution is 2.38. The Morgan fingerprint density at radius 3 is 1.76 bits per heavy atom. The van der Waals surface area contributed by atoms with Crippen molar-refractivity contribution in [2.24, 2.45) is 0 Å². The lowest BCUT2D eigenvalue weighted by molar-refractivity contribution is 0.483. The standard InChI is InChI=1S/C39H32OS/c1-27-12-17-30(18-13-27)32-8-7-9-35(23-32)40-36-24-33(31-19-14-28(2)15-20-31)22-34(25-36)39-26-38(21-16-29(39)3)41-37-10-5-4-6-11-37/h4-26H,1-3H3. The summed E-state index contributed by atoms with van der Waals surface area (Å²) in [4.78, 5) is 2.44. The van der Waals surface area contributed by atoms with Crippen LogP contribution in [0.25, 0.3) is 33.4 Å². The molecule has 0 spiro atoms. The van der Waals surface area contributed by atoms with Crippen LogP contribution in [0.4, 0.5) is 0 Å². The van der Waals surface area contributed by atoms with Gasteiger partial charge in [-0.3, -0.25) is 0 Å². The van der Waals surface area contributed by atoms with Crippen LogP contribution in [0.5, 0.6) is 11.5 Å². The molecule has 0 radical (unpaired) electrons. The molecule has 0 saturated heterocycles. The van der Waals surface area contributed by atoms with Crippen LogP contribution < -0.4 is 4.74 Å². The normalized spacial score (nSPS) is 10.9. The monoisotopic (exact) mass is 548 g/mol. The van der Waals surface area contributed by atoms with E-state index in [9.17, 15) is 0 Å². The fourth-order valence-corrected chi connectivity index (χ4v) is 5.83. The second-order valence-electron chi connectivity index (χ2n) is 10.5. The van der Waals surface area contributed by atoms with Crippen molar-refractivity contribution in [3.8, 4) is 44.9 Å². The van der Waals surface area contributed by atoms with Gasteiger partial charge in [-0.1, -0.05) is 108 Å². The van der Waals surface area contributed by atoms with E-state index >= 15 is 0 Å². The SMILES string of the molecule is Cc1ccc(-c2cccc(Oc3cc(-c4ccc(C)cc4)cc(-c4cc(Sc5ccccc5)ccc4C)c3)c2)cc1. The highest BCUT2D eigenvalue weighted by atomic mass is 32.2. The molecule has 0 atom stereocenters. The van der Waals surface area contributed by atoms with E-state index in [-0.39, 0.29) is 0 Å². The summed E-state index contributed by atoms with van der Waals surface area (Å²) in [6.45, 7) is 6.41. The first kappa shape index (κ1) is 26.7. The van der Waals surface area contributed by atoms with E-state index in [1.54, 1.807) is 11.8 Å². The summed E-state index contributed by atoms with van der Waals surface area (Å²) in [7, 11) is 0. The Morgan fingerprint density at radius 1 is 0.415 bits per heavy atom. The first-order valence-electron chi connectivity index (χ1n) is 13.9. The van der Waals surface area contributed by atoms with Gasteiger partial charge in [0.25, 0.3) is 0 Å². The predicted octanol–water partition coefficient (Wildman–Crippen LogP) is 11.6. The van der Waals surface area contributed by atoms with Crippen molar-refractivity contribution < 1.29 is 4.74 Å². The highest BCUT2D eigenvalue weighted by molar-refractivity contribution is 7.99. The zero-order valence-electron chi connectivity index (χ0n) is 23.6. The van der Waals surface area contributed by atoms with Gasteiger partial charge in [-0.15, -0.1) is 0 Å². The first-order valence-corrected chi connectivity index (χ1v) is 14.7. The molecule has 0 amide bonds. The van der Waals surface area contributed by atoms with Crippen LogP contribution in [0.15, 0.2) is 149 Å². The summed E-state index contributed by atoms with van der Waals surface area (Å²) in [6.07, 6.45) is 0. The number of hydrogen-bond donors (Lipinski definition) is 0. The van der Waals surface area contributed by atoms with E-state index in [0.29, 0.717) is 0 Å². The molecule has 0 aliphatic carbocycles. The van der Waals surface area contributed by atoms with Crippen LogP contribution in [0.1, 0.15) is 16.7 Å². The third-order valence-corrected chi connectivity index (χ3v) is 8.24. The van der Waals surface area contributed by atoms with Crippen molar-refractivity contribution in [1.82, 2.24) is 0 Å². The van der Waals surface area contributed by atoms with E-state index in [4.69, 9.17) is 4.74 Å². The van der Waals surface area contributed by atoms with Crippen molar-refractivity contribution in [2.45, 2.75) is 30.6 Å². The zero-order valence-corrected chi connectivity index (χ0v) is 24.4. The number of rotatable bonds is 7. The summed E-state index contributed by atoms with van der Waals surface area (Å²) in [5.41, 5.74) is 10.7. The topological polar surface area (TPSA) is 9.23 Å². The second kappa shape index (κ2) is 11.9. The lowest BCUT2D eigenvalue weighted by Gasteiger charge is -2.15. The van der Waals surface area contributed by atoms with Crippen LogP contribution >= 0.6 is 11.8 Å². The van der Waals surface area contributed by atoms with Gasteiger partial charge in [-0.25, -0.2) is 0 Å². The largest absolute Gasteiger partial charge is 0.457 e. The highest BCUT2D eigenvalue weighted by Gasteiger charge is 2.11. The Balaban J connectivity index is 1.40. The Hall–Kier alpha value is -4.53. The summed E-state index contributed by atoms with van der Waals surface area (Å²) >= 11 is 1.78. The molecule has 0 fully saturated rings. The Morgan fingerprint density at radius 2 is 1.05 bits per heavy atom. The van der Waals surface area contributed by atoms with Crippen molar-refractivity contribution in [1.29, 1.82) is 0 Å². The molecule has 0 saturated carbocycles. The van der Waals surface area contributed by atoms with E-state index in [2.05, 4.69) is 154 Å². The molecule has 200 valence electrons. The molecule has 0 unspecified atom stereocenters. The molecule has 0 aliphatic rings. The van der Waals surface area contributed by atoms with Gasteiger partial charge in [0, 0.05) is 9.79 Å². The fourth-order valence-electron chi connectivity index (χ4n) is 4.95. The zero-order chi connectivity index (χ0) is 28.2. The average molecular weight is 549 g/mol. The molecule has 41 heavy (non-hydrogen) atoms. The third-order valence-electron chi connectivity index (χ3n) is 7.25. The number of hydrogen-bond acceptors (Lipinski definition) is 2. The maximum atomic E-state index is 6.57. The molecular formula is C39H32OS. The van der Waals surface area contributed by atoms with E-state index < -0.39 is 0 Å². The van der Waals surface area contributed by atoms with Gasteiger partial charge in [-0.2, -0.15) is 0 Å². The van der Waals surface area contributed by atoms with E-state index in [1.165, 1.54) is 43.2 Å². The first-order chi connectivity index (χ1) is 20.0. The lowest BCUT2D eigenvalue weighted by atomic mass is 9.95. The quantitative estimate of drug-likeness (QED) is 0.196. The number of aryl methyl sites for hydroxylation is 3. The Bertz CT molecular complexity index is 1790. The summed E-state index contributed by atoms with van der Waals surface area (Å²) in [5.74, 6) is 1.64. The van der Waals surface area contributed by atoms with Gasteiger partial charge in [0.15, 0.2) is 0 Å². The molecule has 0 aliphatic heterocycles. The van der Waals surface area contributed by atoms with Crippen LogP contribution in [-0.2, 0) is 0 Å². The van der Waals surface area contributed by atoms with Crippen molar-refractivity contribution in [2.75, 3.05) is 0 Å². The molecule has 6 aromatic carbocycles. The summed E-state index contributed by atoms with van der Waals surface area (Å²) in [5, 5.41) is 0. The van der Waals surface area contributed by atoms with Gasteiger partial charge in [0.05, 0.1) is 0 Å². The minimum Gasteiger partial charge on any atom is -0.457 e. The molecule has 2 heteroatoms. The molecule has 1 nitrogen and oxygen atoms in total.